The molecule has 2 unspecified atom stereocenters. The molecule has 0 bridgehead atoms. The monoisotopic (exact) mass is 288 g/mol. The van der Waals surface area contributed by atoms with Crippen molar-refractivity contribution < 1.29 is 0 Å². The Labute approximate surface area is 130 Å². The Morgan fingerprint density at radius 2 is 1.95 bits per heavy atom. The highest BCUT2D eigenvalue weighted by Crippen LogP contribution is 2.31. The van der Waals surface area contributed by atoms with Gasteiger partial charge in [0.25, 0.3) is 0 Å². The van der Waals surface area contributed by atoms with E-state index < -0.39 is 0 Å². The van der Waals surface area contributed by atoms with Crippen LogP contribution in [0.5, 0.6) is 0 Å². The van der Waals surface area contributed by atoms with Crippen molar-refractivity contribution in [2.45, 2.75) is 58.9 Å². The molecule has 0 aliphatic carbocycles. The molecule has 1 aliphatic heterocycles. The zero-order chi connectivity index (χ0) is 15.4. The van der Waals surface area contributed by atoms with Crippen LogP contribution in [0.25, 0.3) is 0 Å². The molecule has 118 valence electrons. The third-order valence-electron chi connectivity index (χ3n) is 4.94. The van der Waals surface area contributed by atoms with Crippen molar-refractivity contribution in [2.75, 3.05) is 19.6 Å². The number of likely N-dealkylation sites (tertiary alicyclic amines) is 1. The summed E-state index contributed by atoms with van der Waals surface area (Å²) >= 11 is 0. The highest BCUT2D eigenvalue weighted by molar-refractivity contribution is 5.33. The molecule has 0 radical (unpaired) electrons. The van der Waals surface area contributed by atoms with Crippen molar-refractivity contribution in [3.05, 3.63) is 34.9 Å². The number of benzene rings is 1. The van der Waals surface area contributed by atoms with Crippen LogP contribution >= 0.6 is 0 Å². The van der Waals surface area contributed by atoms with Gasteiger partial charge >= 0.3 is 0 Å². The van der Waals surface area contributed by atoms with Gasteiger partial charge in [0, 0.05) is 25.0 Å². The Kier molecular flexibility index (Phi) is 5.83. The summed E-state index contributed by atoms with van der Waals surface area (Å²) in [5.41, 5.74) is 10.4. The fraction of sp³-hybridized carbons (Fsp3) is 0.684. The van der Waals surface area contributed by atoms with E-state index in [1.807, 2.05) is 0 Å². The first-order valence-corrected chi connectivity index (χ1v) is 8.54. The van der Waals surface area contributed by atoms with Gasteiger partial charge in [0.1, 0.15) is 0 Å². The predicted octanol–water partition coefficient (Wildman–Crippen LogP) is 3.86. The summed E-state index contributed by atoms with van der Waals surface area (Å²) < 4.78 is 0. The Balaban J connectivity index is 2.22. The third-order valence-corrected chi connectivity index (χ3v) is 4.94. The van der Waals surface area contributed by atoms with Gasteiger partial charge in [-0.15, -0.1) is 0 Å². The molecule has 1 aromatic carbocycles. The van der Waals surface area contributed by atoms with Crippen molar-refractivity contribution in [1.82, 2.24) is 4.90 Å². The molecule has 2 rings (SSSR count). The van der Waals surface area contributed by atoms with Crippen LogP contribution in [0.4, 0.5) is 0 Å². The highest BCUT2D eigenvalue weighted by atomic mass is 15.2. The van der Waals surface area contributed by atoms with E-state index in [0.29, 0.717) is 12.0 Å². The van der Waals surface area contributed by atoms with Crippen LogP contribution in [0.1, 0.15) is 55.7 Å². The number of hydrogen-bond acceptors (Lipinski definition) is 2. The van der Waals surface area contributed by atoms with Gasteiger partial charge in [-0.25, -0.2) is 0 Å². The molecule has 1 saturated heterocycles. The zero-order valence-corrected chi connectivity index (χ0v) is 14.2. The van der Waals surface area contributed by atoms with E-state index in [1.165, 1.54) is 49.0 Å². The number of nitrogens with two attached hydrogens (primary N) is 1. The molecule has 1 aliphatic rings. The average molecular weight is 288 g/mol. The maximum atomic E-state index is 6.19. The molecule has 2 nitrogen and oxygen atoms in total. The Morgan fingerprint density at radius 3 is 2.57 bits per heavy atom. The minimum Gasteiger partial charge on any atom is -0.330 e. The Hall–Kier alpha value is -0.860. The topological polar surface area (TPSA) is 29.3 Å². The molecule has 1 aromatic rings. The molecule has 0 amide bonds. The number of hydrogen-bond donors (Lipinski definition) is 1. The second-order valence-corrected chi connectivity index (χ2v) is 7.14. The Morgan fingerprint density at radius 1 is 1.19 bits per heavy atom. The molecular weight excluding hydrogens is 256 g/mol. The van der Waals surface area contributed by atoms with Gasteiger partial charge in [-0.2, -0.15) is 0 Å². The van der Waals surface area contributed by atoms with Gasteiger partial charge in [0.15, 0.2) is 0 Å². The first kappa shape index (κ1) is 16.5. The minimum atomic E-state index is 0.475. The van der Waals surface area contributed by atoms with Gasteiger partial charge in [0.2, 0.25) is 0 Å². The lowest BCUT2D eigenvalue weighted by Gasteiger charge is -2.41. The summed E-state index contributed by atoms with van der Waals surface area (Å²) in [5, 5.41) is 0. The molecule has 1 fully saturated rings. The van der Waals surface area contributed by atoms with Crippen LogP contribution in [0.3, 0.4) is 0 Å². The largest absolute Gasteiger partial charge is 0.330 e. The van der Waals surface area contributed by atoms with E-state index in [0.717, 1.165) is 12.5 Å². The van der Waals surface area contributed by atoms with Gasteiger partial charge < -0.3 is 5.73 Å². The van der Waals surface area contributed by atoms with Gasteiger partial charge in [0.05, 0.1) is 0 Å². The summed E-state index contributed by atoms with van der Waals surface area (Å²) in [6, 6.07) is 7.52. The molecule has 0 saturated carbocycles. The standard InChI is InChI=1S/C19H32N2/c1-14(2)13-21-10-6-5-7-19(21)18(12-20)17-9-8-15(3)16(4)11-17/h8-9,11,14,18-19H,5-7,10,12-13,20H2,1-4H3. The lowest BCUT2D eigenvalue weighted by Crippen LogP contribution is -2.46. The fourth-order valence-electron chi connectivity index (χ4n) is 3.68. The summed E-state index contributed by atoms with van der Waals surface area (Å²) in [4.78, 5) is 2.70. The summed E-state index contributed by atoms with van der Waals surface area (Å²) in [5.74, 6) is 1.20. The first-order chi connectivity index (χ1) is 10.0. The van der Waals surface area contributed by atoms with Crippen LogP contribution in [-0.4, -0.2) is 30.6 Å². The molecule has 2 heteroatoms. The van der Waals surface area contributed by atoms with E-state index in [2.05, 4.69) is 50.8 Å². The predicted molar refractivity (Wildman–Crippen MR) is 91.8 cm³/mol. The summed E-state index contributed by atoms with van der Waals surface area (Å²) in [7, 11) is 0. The normalized spacial score (nSPS) is 21.7. The highest BCUT2D eigenvalue weighted by Gasteiger charge is 2.30. The van der Waals surface area contributed by atoms with Crippen LogP contribution in [0.15, 0.2) is 18.2 Å². The zero-order valence-electron chi connectivity index (χ0n) is 14.2. The van der Waals surface area contributed by atoms with E-state index in [-0.39, 0.29) is 0 Å². The summed E-state index contributed by atoms with van der Waals surface area (Å²) in [6.07, 6.45) is 3.98. The second kappa shape index (κ2) is 7.42. The van der Waals surface area contributed by atoms with Crippen molar-refractivity contribution in [3.63, 3.8) is 0 Å². The van der Waals surface area contributed by atoms with Crippen molar-refractivity contribution in [2.24, 2.45) is 11.7 Å². The molecule has 0 spiro atoms. The number of aryl methyl sites for hydroxylation is 2. The smallest absolute Gasteiger partial charge is 0.0176 e. The van der Waals surface area contributed by atoms with Crippen LogP contribution in [0.2, 0.25) is 0 Å². The Bertz CT molecular complexity index is 453. The van der Waals surface area contributed by atoms with Crippen molar-refractivity contribution in [3.8, 4) is 0 Å². The van der Waals surface area contributed by atoms with Crippen molar-refractivity contribution in [1.29, 1.82) is 0 Å². The van der Waals surface area contributed by atoms with Crippen LogP contribution in [-0.2, 0) is 0 Å². The fourth-order valence-corrected chi connectivity index (χ4v) is 3.68. The number of piperidine rings is 1. The van der Waals surface area contributed by atoms with Crippen LogP contribution in [0, 0.1) is 19.8 Å². The number of rotatable bonds is 5. The maximum Gasteiger partial charge on any atom is 0.0176 e. The summed E-state index contributed by atoms with van der Waals surface area (Å²) in [6.45, 7) is 12.2. The van der Waals surface area contributed by atoms with Crippen LogP contribution < -0.4 is 5.73 Å². The van der Waals surface area contributed by atoms with Gasteiger partial charge in [-0.1, -0.05) is 38.5 Å². The van der Waals surface area contributed by atoms with Gasteiger partial charge in [-0.05, 0) is 55.8 Å². The van der Waals surface area contributed by atoms with E-state index in [4.69, 9.17) is 5.73 Å². The number of nitrogens with zero attached hydrogens (tertiary/aromatic N) is 1. The van der Waals surface area contributed by atoms with Crippen molar-refractivity contribution >= 4 is 0 Å². The minimum absolute atomic E-state index is 0.475. The molecule has 21 heavy (non-hydrogen) atoms. The van der Waals surface area contributed by atoms with E-state index in [1.54, 1.807) is 0 Å². The van der Waals surface area contributed by atoms with E-state index >= 15 is 0 Å². The average Bonchev–Trinajstić information content (AvgIpc) is 2.44. The molecule has 1 heterocycles. The lowest BCUT2D eigenvalue weighted by molar-refractivity contribution is 0.112. The quantitative estimate of drug-likeness (QED) is 0.891. The van der Waals surface area contributed by atoms with Gasteiger partial charge in [-0.3, -0.25) is 4.90 Å². The molecular formula is C19H32N2. The SMILES string of the molecule is Cc1ccc(C(CN)C2CCCCN2CC(C)C)cc1C. The first-order valence-electron chi connectivity index (χ1n) is 8.54. The molecule has 0 aromatic heterocycles. The third kappa shape index (κ3) is 4.08. The van der Waals surface area contributed by atoms with E-state index in [9.17, 15) is 0 Å². The lowest BCUT2D eigenvalue weighted by atomic mass is 9.84. The maximum absolute atomic E-state index is 6.19. The second-order valence-electron chi connectivity index (χ2n) is 7.14. The molecule has 2 atom stereocenters. The molecule has 2 N–H and O–H groups in total.